The summed E-state index contributed by atoms with van der Waals surface area (Å²) in [6.07, 6.45) is 1.23. The molecule has 2 heterocycles. The van der Waals surface area contributed by atoms with Crippen LogP contribution in [0.4, 0.5) is 0 Å². The molecule has 0 saturated carbocycles. The number of nitrogens with zero attached hydrogens (tertiary/aromatic N) is 2. The zero-order valence-corrected chi connectivity index (χ0v) is 9.09. The van der Waals surface area contributed by atoms with E-state index in [4.69, 9.17) is 5.73 Å². The second-order valence-corrected chi connectivity index (χ2v) is 4.38. The van der Waals surface area contributed by atoms with Crippen molar-refractivity contribution in [1.82, 2.24) is 9.38 Å². The zero-order chi connectivity index (χ0) is 11.2. The Kier molecular flexibility index (Phi) is 2.08. The Morgan fingerprint density at radius 3 is 2.80 bits per heavy atom. The van der Waals surface area contributed by atoms with Crippen molar-refractivity contribution in [2.75, 3.05) is 0 Å². The lowest BCUT2D eigenvalue weighted by Crippen LogP contribution is -2.26. The van der Waals surface area contributed by atoms with Gasteiger partial charge in [-0.05, 0) is 13.8 Å². The lowest BCUT2D eigenvalue weighted by atomic mass is 10.3. The maximum absolute atomic E-state index is 11.8. The normalized spacial score (nSPS) is 10.8. The van der Waals surface area contributed by atoms with Gasteiger partial charge in [-0.1, -0.05) is 0 Å². The average molecular weight is 223 g/mol. The summed E-state index contributed by atoms with van der Waals surface area (Å²) in [5, 5.41) is 0. The highest BCUT2D eigenvalue weighted by molar-refractivity contribution is 7.17. The predicted molar refractivity (Wildman–Crippen MR) is 57.3 cm³/mol. The molecule has 2 aromatic rings. The summed E-state index contributed by atoms with van der Waals surface area (Å²) in [7, 11) is 0. The van der Waals surface area contributed by atoms with E-state index in [2.05, 4.69) is 4.98 Å². The standard InChI is InChI=1S/C9H9N3O2S/c1-4-5(2)15-9-11-3-6(7(10)13)8(14)12(4)9/h3H,1-2H3,(H2,10,13). The minimum Gasteiger partial charge on any atom is -0.365 e. The van der Waals surface area contributed by atoms with Gasteiger partial charge in [0.15, 0.2) is 4.96 Å². The molecule has 0 aliphatic heterocycles. The van der Waals surface area contributed by atoms with E-state index < -0.39 is 11.5 Å². The molecule has 0 aromatic carbocycles. The molecule has 0 unspecified atom stereocenters. The second kappa shape index (κ2) is 3.16. The van der Waals surface area contributed by atoms with E-state index in [1.54, 1.807) is 0 Å². The van der Waals surface area contributed by atoms with Gasteiger partial charge in [0.05, 0.1) is 0 Å². The smallest absolute Gasteiger partial charge is 0.271 e. The van der Waals surface area contributed by atoms with Crippen LogP contribution in [0.15, 0.2) is 11.0 Å². The fraction of sp³-hybridized carbons (Fsp3) is 0.222. The first-order valence-corrected chi connectivity index (χ1v) is 5.11. The number of fused-ring (bicyclic) bond motifs is 1. The van der Waals surface area contributed by atoms with Crippen LogP contribution in [-0.4, -0.2) is 15.3 Å². The third-order valence-corrected chi connectivity index (χ3v) is 3.36. The number of rotatable bonds is 1. The molecular formula is C9H9N3O2S. The van der Waals surface area contributed by atoms with Crippen molar-refractivity contribution in [3.63, 3.8) is 0 Å². The van der Waals surface area contributed by atoms with Crippen molar-refractivity contribution < 1.29 is 4.79 Å². The number of carbonyl (C=O) groups is 1. The van der Waals surface area contributed by atoms with Gasteiger partial charge < -0.3 is 5.73 Å². The third kappa shape index (κ3) is 1.33. The number of aromatic nitrogens is 2. The lowest BCUT2D eigenvalue weighted by molar-refractivity contribution is 0.0998. The van der Waals surface area contributed by atoms with Crippen LogP contribution in [0.1, 0.15) is 20.9 Å². The van der Waals surface area contributed by atoms with Crippen LogP contribution >= 0.6 is 11.3 Å². The SMILES string of the molecule is Cc1sc2ncc(C(N)=O)c(=O)n2c1C. The van der Waals surface area contributed by atoms with Gasteiger partial charge in [-0.15, -0.1) is 11.3 Å². The summed E-state index contributed by atoms with van der Waals surface area (Å²) in [5.74, 6) is -0.745. The van der Waals surface area contributed by atoms with Crippen molar-refractivity contribution >= 4 is 22.2 Å². The minimum absolute atomic E-state index is 0.0756. The molecule has 0 atom stereocenters. The van der Waals surface area contributed by atoms with Crippen molar-refractivity contribution in [3.05, 3.63) is 32.7 Å². The quantitative estimate of drug-likeness (QED) is 0.763. The number of hydrogen-bond acceptors (Lipinski definition) is 4. The summed E-state index contributed by atoms with van der Waals surface area (Å²) >= 11 is 1.41. The Balaban J connectivity index is 2.95. The molecule has 1 amide bonds. The van der Waals surface area contributed by atoms with Crippen LogP contribution < -0.4 is 11.3 Å². The zero-order valence-electron chi connectivity index (χ0n) is 8.27. The molecule has 0 saturated heterocycles. The van der Waals surface area contributed by atoms with Gasteiger partial charge >= 0.3 is 0 Å². The minimum atomic E-state index is -0.745. The molecular weight excluding hydrogens is 214 g/mol. The molecule has 0 spiro atoms. The summed E-state index contributed by atoms with van der Waals surface area (Å²) in [4.78, 5) is 28.4. The first-order chi connectivity index (χ1) is 7.02. The van der Waals surface area contributed by atoms with Gasteiger partial charge in [-0.3, -0.25) is 14.0 Å². The first kappa shape index (κ1) is 9.85. The molecule has 2 aromatic heterocycles. The molecule has 0 aliphatic rings. The number of amides is 1. The molecule has 0 aliphatic carbocycles. The summed E-state index contributed by atoms with van der Waals surface area (Å²) in [6.45, 7) is 3.71. The average Bonchev–Trinajstić information content (AvgIpc) is 2.43. The number of primary amides is 1. The van der Waals surface area contributed by atoms with Gasteiger partial charge in [0, 0.05) is 16.8 Å². The highest BCUT2D eigenvalue weighted by Crippen LogP contribution is 2.17. The number of aryl methyl sites for hydroxylation is 2. The third-order valence-electron chi connectivity index (χ3n) is 2.28. The maximum Gasteiger partial charge on any atom is 0.271 e. The number of nitrogens with two attached hydrogens (primary N) is 1. The van der Waals surface area contributed by atoms with E-state index in [0.717, 1.165) is 10.6 Å². The van der Waals surface area contributed by atoms with E-state index in [1.165, 1.54) is 21.9 Å². The van der Waals surface area contributed by atoms with Crippen LogP contribution in [-0.2, 0) is 0 Å². The summed E-state index contributed by atoms with van der Waals surface area (Å²) in [5.41, 5.74) is 5.41. The Morgan fingerprint density at radius 2 is 2.20 bits per heavy atom. The van der Waals surface area contributed by atoms with E-state index in [0.29, 0.717) is 4.96 Å². The maximum atomic E-state index is 11.8. The van der Waals surface area contributed by atoms with Crippen molar-refractivity contribution in [2.45, 2.75) is 13.8 Å². The fourth-order valence-electron chi connectivity index (χ4n) is 1.35. The van der Waals surface area contributed by atoms with E-state index in [9.17, 15) is 9.59 Å². The second-order valence-electron chi connectivity index (χ2n) is 3.20. The van der Waals surface area contributed by atoms with E-state index >= 15 is 0 Å². The van der Waals surface area contributed by atoms with E-state index in [-0.39, 0.29) is 5.56 Å². The van der Waals surface area contributed by atoms with Gasteiger partial charge in [0.2, 0.25) is 0 Å². The first-order valence-electron chi connectivity index (χ1n) is 4.30. The van der Waals surface area contributed by atoms with Crippen LogP contribution in [0.5, 0.6) is 0 Å². The molecule has 5 nitrogen and oxygen atoms in total. The lowest BCUT2D eigenvalue weighted by Gasteiger charge is -1.97. The number of carbonyl (C=O) groups excluding carboxylic acids is 1. The molecule has 2 rings (SSSR count). The fourth-order valence-corrected chi connectivity index (χ4v) is 2.27. The highest BCUT2D eigenvalue weighted by atomic mass is 32.1. The predicted octanol–water partition coefficient (Wildman–Crippen LogP) is 0.472. The molecule has 15 heavy (non-hydrogen) atoms. The van der Waals surface area contributed by atoms with E-state index in [1.807, 2.05) is 13.8 Å². The molecule has 0 bridgehead atoms. The molecule has 0 radical (unpaired) electrons. The summed E-state index contributed by atoms with van der Waals surface area (Å²) in [6, 6.07) is 0. The van der Waals surface area contributed by atoms with Crippen LogP contribution in [0.3, 0.4) is 0 Å². The molecule has 2 N–H and O–H groups in total. The molecule has 6 heteroatoms. The monoisotopic (exact) mass is 223 g/mol. The van der Waals surface area contributed by atoms with Gasteiger partial charge in [-0.25, -0.2) is 4.98 Å². The van der Waals surface area contributed by atoms with Gasteiger partial charge in [0.1, 0.15) is 5.56 Å². The summed E-state index contributed by atoms with van der Waals surface area (Å²) < 4.78 is 1.42. The molecule has 0 fully saturated rings. The number of hydrogen-bond donors (Lipinski definition) is 1. The Bertz CT molecular complexity index is 612. The van der Waals surface area contributed by atoms with Crippen molar-refractivity contribution in [2.24, 2.45) is 5.73 Å². The van der Waals surface area contributed by atoms with Crippen LogP contribution in [0, 0.1) is 13.8 Å². The van der Waals surface area contributed by atoms with Crippen LogP contribution in [0.2, 0.25) is 0 Å². The largest absolute Gasteiger partial charge is 0.365 e. The van der Waals surface area contributed by atoms with Gasteiger partial charge in [-0.2, -0.15) is 0 Å². The van der Waals surface area contributed by atoms with Gasteiger partial charge in [0.25, 0.3) is 11.5 Å². The highest BCUT2D eigenvalue weighted by Gasteiger charge is 2.13. The van der Waals surface area contributed by atoms with Crippen LogP contribution in [0.25, 0.3) is 4.96 Å². The van der Waals surface area contributed by atoms with Crippen molar-refractivity contribution in [3.8, 4) is 0 Å². The molecule has 78 valence electrons. The number of thiazole rings is 1. The Hall–Kier alpha value is -1.69. The topological polar surface area (TPSA) is 77.5 Å². The van der Waals surface area contributed by atoms with Crippen molar-refractivity contribution in [1.29, 1.82) is 0 Å². The Labute approximate surface area is 89.2 Å². The Morgan fingerprint density at radius 1 is 1.53 bits per heavy atom.